The molecule has 0 bridgehead atoms. The van der Waals surface area contributed by atoms with E-state index in [9.17, 15) is 4.79 Å². The van der Waals surface area contributed by atoms with Crippen LogP contribution in [0.1, 0.15) is 56.3 Å². The van der Waals surface area contributed by atoms with Gasteiger partial charge in [-0.15, -0.1) is 0 Å². The number of nitrogens with zero attached hydrogens (tertiary/aromatic N) is 5. The third-order valence-electron chi connectivity index (χ3n) is 9.05. The van der Waals surface area contributed by atoms with E-state index in [1.54, 1.807) is 6.92 Å². The van der Waals surface area contributed by atoms with Crippen molar-refractivity contribution in [2.24, 2.45) is 4.99 Å². The van der Waals surface area contributed by atoms with E-state index in [2.05, 4.69) is 94.5 Å². The Morgan fingerprint density at radius 1 is 0.778 bits per heavy atom. The Morgan fingerprint density at radius 3 is 2.13 bits per heavy atom. The summed E-state index contributed by atoms with van der Waals surface area (Å²) in [4.78, 5) is 27.9. The highest BCUT2D eigenvalue weighted by molar-refractivity contribution is 6.01. The zero-order valence-electron chi connectivity index (χ0n) is 26.7. The number of hydrogen-bond donors (Lipinski definition) is 0. The summed E-state index contributed by atoms with van der Waals surface area (Å²) in [7, 11) is 2.14. The van der Waals surface area contributed by atoms with Crippen LogP contribution in [-0.2, 0) is 11.3 Å². The third kappa shape index (κ3) is 7.29. The monoisotopic (exact) mass is 599 g/mol. The molecular formula is C39H45N5O. The second-order valence-corrected chi connectivity index (χ2v) is 12.3. The molecule has 0 N–H and O–H groups in total. The van der Waals surface area contributed by atoms with Crippen molar-refractivity contribution in [3.8, 4) is 11.1 Å². The van der Waals surface area contributed by atoms with E-state index in [4.69, 9.17) is 4.99 Å². The predicted octanol–water partition coefficient (Wildman–Crippen LogP) is 8.11. The van der Waals surface area contributed by atoms with E-state index in [-0.39, 0.29) is 12.1 Å². The van der Waals surface area contributed by atoms with Crippen LogP contribution in [0, 0.1) is 0 Å². The van der Waals surface area contributed by atoms with Crippen LogP contribution in [0.2, 0.25) is 0 Å². The third-order valence-corrected chi connectivity index (χ3v) is 9.05. The fourth-order valence-electron chi connectivity index (χ4n) is 6.61. The fraction of sp³-hybridized carbons (Fsp3) is 0.333. The number of unbranched alkanes of at least 4 members (excludes halogenated alkanes) is 2. The smallest absolute Gasteiger partial charge is 0.221 e. The van der Waals surface area contributed by atoms with Gasteiger partial charge in [-0.3, -0.25) is 9.69 Å². The summed E-state index contributed by atoms with van der Waals surface area (Å²) in [5.74, 6) is 0.889. The molecule has 45 heavy (non-hydrogen) atoms. The van der Waals surface area contributed by atoms with Crippen LogP contribution < -0.4 is 4.90 Å². The number of amides is 1. The summed E-state index contributed by atoms with van der Waals surface area (Å²) in [6.45, 7) is 6.79. The lowest BCUT2D eigenvalue weighted by molar-refractivity contribution is -0.131. The van der Waals surface area contributed by atoms with E-state index in [1.807, 2.05) is 41.3 Å². The first-order chi connectivity index (χ1) is 22.1. The van der Waals surface area contributed by atoms with Crippen molar-refractivity contribution in [2.45, 2.75) is 51.7 Å². The Bertz CT molecular complexity index is 1560. The van der Waals surface area contributed by atoms with Crippen molar-refractivity contribution >= 4 is 23.2 Å². The summed E-state index contributed by atoms with van der Waals surface area (Å²) in [5.41, 5.74) is 6.38. The zero-order valence-corrected chi connectivity index (χ0v) is 26.7. The Hall–Kier alpha value is -4.42. The number of hydrogen-bond acceptors (Lipinski definition) is 5. The number of carbonyl (C=O) groups is 1. The van der Waals surface area contributed by atoms with Gasteiger partial charge in [0.1, 0.15) is 6.17 Å². The molecule has 0 aromatic heterocycles. The van der Waals surface area contributed by atoms with Gasteiger partial charge in [-0.1, -0.05) is 97.4 Å². The molecule has 232 valence electrons. The SMILES string of the molecule is CC(=O)N(Cc1ccccc1)C1c2ccccc2N=C(N(C)CCCCCN2CCCC2)N1c1ccc(-c2ccccc2)cc1. The highest BCUT2D eigenvalue weighted by Crippen LogP contribution is 2.41. The molecule has 4 aromatic carbocycles. The van der Waals surface area contributed by atoms with Gasteiger partial charge in [-0.25, -0.2) is 4.99 Å². The van der Waals surface area contributed by atoms with Gasteiger partial charge < -0.3 is 14.7 Å². The van der Waals surface area contributed by atoms with E-state index >= 15 is 0 Å². The van der Waals surface area contributed by atoms with Crippen molar-refractivity contribution in [3.63, 3.8) is 0 Å². The van der Waals surface area contributed by atoms with Crippen LogP contribution in [0.25, 0.3) is 11.1 Å². The zero-order chi connectivity index (χ0) is 31.0. The fourth-order valence-corrected chi connectivity index (χ4v) is 6.61. The maximum absolute atomic E-state index is 13.5. The molecule has 2 aliphatic heterocycles. The van der Waals surface area contributed by atoms with Crippen molar-refractivity contribution in [1.82, 2.24) is 14.7 Å². The lowest BCUT2D eigenvalue weighted by Crippen LogP contribution is -2.52. The molecule has 6 rings (SSSR count). The standard InChI is InChI=1S/C39H45N5O/c1-31(45)43(30-32-16-6-3-7-17-32)38-36-20-10-11-21-37(36)40-39(41(2)26-12-5-13-27-42-28-14-15-29-42)44(38)35-24-22-34(23-25-35)33-18-8-4-9-19-33/h3-4,6-11,16-25,38H,5,12-15,26-30H2,1-2H3. The molecule has 0 aliphatic carbocycles. The van der Waals surface area contributed by atoms with Crippen LogP contribution in [0.4, 0.5) is 11.4 Å². The minimum Gasteiger partial charge on any atom is -0.345 e. The van der Waals surface area contributed by atoms with Gasteiger partial charge >= 0.3 is 0 Å². The summed E-state index contributed by atoms with van der Waals surface area (Å²) in [5, 5.41) is 0. The number of carbonyl (C=O) groups excluding carboxylic acids is 1. The summed E-state index contributed by atoms with van der Waals surface area (Å²) in [6.07, 6.45) is 5.84. The normalized spacial score (nSPS) is 16.3. The molecule has 1 unspecified atom stereocenters. The molecule has 2 aliphatic rings. The van der Waals surface area contributed by atoms with Crippen molar-refractivity contribution in [1.29, 1.82) is 0 Å². The Morgan fingerprint density at radius 2 is 1.42 bits per heavy atom. The molecule has 4 aromatic rings. The number of likely N-dealkylation sites (tertiary alicyclic amines) is 1. The van der Waals surface area contributed by atoms with Gasteiger partial charge in [-0.2, -0.15) is 0 Å². The van der Waals surface area contributed by atoms with Crippen LogP contribution in [0.5, 0.6) is 0 Å². The molecular weight excluding hydrogens is 554 g/mol. The van der Waals surface area contributed by atoms with Gasteiger partial charge in [0.25, 0.3) is 0 Å². The number of benzene rings is 4. The minimum atomic E-state index is -0.355. The Labute approximate surface area is 268 Å². The second kappa shape index (κ2) is 14.6. The molecule has 1 saturated heterocycles. The van der Waals surface area contributed by atoms with Gasteiger partial charge in [0, 0.05) is 38.3 Å². The first-order valence-corrected chi connectivity index (χ1v) is 16.5. The maximum Gasteiger partial charge on any atom is 0.221 e. The summed E-state index contributed by atoms with van der Waals surface area (Å²) < 4.78 is 0. The number of anilines is 1. The van der Waals surface area contributed by atoms with Crippen LogP contribution >= 0.6 is 0 Å². The Kier molecular flexibility index (Phi) is 9.91. The quantitative estimate of drug-likeness (QED) is 0.163. The molecule has 6 heteroatoms. The highest BCUT2D eigenvalue weighted by atomic mass is 16.2. The number of para-hydroxylation sites is 1. The van der Waals surface area contributed by atoms with Gasteiger partial charge in [0.2, 0.25) is 11.9 Å². The second-order valence-electron chi connectivity index (χ2n) is 12.3. The van der Waals surface area contributed by atoms with Crippen molar-refractivity contribution in [3.05, 3.63) is 120 Å². The van der Waals surface area contributed by atoms with E-state index in [0.29, 0.717) is 6.54 Å². The number of fused-ring (bicyclic) bond motifs is 1. The van der Waals surface area contributed by atoms with Crippen LogP contribution in [0.3, 0.4) is 0 Å². The Balaban J connectivity index is 1.34. The van der Waals surface area contributed by atoms with Crippen LogP contribution in [0.15, 0.2) is 114 Å². The molecule has 0 saturated carbocycles. The highest BCUT2D eigenvalue weighted by Gasteiger charge is 2.38. The van der Waals surface area contributed by atoms with Crippen molar-refractivity contribution in [2.75, 3.05) is 38.1 Å². The first-order valence-electron chi connectivity index (χ1n) is 16.5. The van der Waals surface area contributed by atoms with Gasteiger partial charge in [0.05, 0.1) is 5.69 Å². The number of rotatable bonds is 11. The molecule has 0 spiro atoms. The summed E-state index contributed by atoms with van der Waals surface area (Å²) >= 11 is 0. The molecule has 1 amide bonds. The molecule has 1 atom stereocenters. The maximum atomic E-state index is 13.5. The molecule has 2 heterocycles. The number of guanidine groups is 1. The topological polar surface area (TPSA) is 42.4 Å². The first kappa shape index (κ1) is 30.6. The van der Waals surface area contributed by atoms with E-state index in [0.717, 1.165) is 47.0 Å². The van der Waals surface area contributed by atoms with E-state index in [1.165, 1.54) is 50.9 Å². The predicted molar refractivity (Wildman–Crippen MR) is 185 cm³/mol. The van der Waals surface area contributed by atoms with E-state index < -0.39 is 0 Å². The molecule has 1 fully saturated rings. The van der Waals surface area contributed by atoms with Crippen molar-refractivity contribution < 1.29 is 4.79 Å². The lowest BCUT2D eigenvalue weighted by atomic mass is 10.0. The van der Waals surface area contributed by atoms with Crippen LogP contribution in [-0.4, -0.2) is 59.8 Å². The molecule has 6 nitrogen and oxygen atoms in total. The van der Waals surface area contributed by atoms with Gasteiger partial charge in [0.15, 0.2) is 0 Å². The average Bonchev–Trinajstić information content (AvgIpc) is 3.61. The minimum absolute atomic E-state index is 0.0235. The lowest BCUT2D eigenvalue weighted by Gasteiger charge is -2.45. The van der Waals surface area contributed by atoms with Gasteiger partial charge in [-0.05, 0) is 80.2 Å². The summed E-state index contributed by atoms with van der Waals surface area (Å²) in [6, 6.07) is 37.7. The molecule has 0 radical (unpaired) electrons. The number of aliphatic imine (C=N–C) groups is 1. The largest absolute Gasteiger partial charge is 0.345 e. The average molecular weight is 600 g/mol.